The van der Waals surface area contributed by atoms with E-state index in [1.165, 1.54) is 6.07 Å². The van der Waals surface area contributed by atoms with E-state index >= 15 is 4.39 Å². The van der Waals surface area contributed by atoms with Crippen LogP contribution in [0.2, 0.25) is 0 Å². The van der Waals surface area contributed by atoms with Crippen LogP contribution in [0.4, 0.5) is 4.39 Å². The number of ketones is 1. The molecule has 6 rings (SSSR count). The molecule has 0 unspecified atom stereocenters. The molecular formula is C31H25FN4O. The van der Waals surface area contributed by atoms with Crippen LogP contribution in [0, 0.1) is 35.9 Å². The average molecular weight is 489 g/mol. The molecular weight excluding hydrogens is 463 g/mol. The van der Waals surface area contributed by atoms with E-state index in [-0.39, 0.29) is 29.0 Å². The molecule has 6 heteroatoms. The molecule has 182 valence electrons. The van der Waals surface area contributed by atoms with Crippen LogP contribution in [0.15, 0.2) is 66.4 Å². The topological polar surface area (TPSA) is 79.5 Å². The molecule has 0 bridgehead atoms. The second-order valence-corrected chi connectivity index (χ2v) is 10.3. The van der Waals surface area contributed by atoms with Gasteiger partial charge in [0, 0.05) is 39.6 Å². The summed E-state index contributed by atoms with van der Waals surface area (Å²) in [6.45, 7) is 5.97. The molecule has 2 aliphatic rings. The minimum Gasteiger partial charge on any atom is -0.293 e. The molecule has 0 radical (unpaired) electrons. The Kier molecular flexibility index (Phi) is 5.27. The van der Waals surface area contributed by atoms with Gasteiger partial charge >= 0.3 is 0 Å². The van der Waals surface area contributed by atoms with E-state index in [4.69, 9.17) is 9.97 Å². The summed E-state index contributed by atoms with van der Waals surface area (Å²) in [6, 6.07) is 16.7. The minimum atomic E-state index is -0.664. The van der Waals surface area contributed by atoms with Gasteiger partial charge in [-0.1, -0.05) is 43.7 Å². The molecule has 2 aromatic heterocycles. The normalized spacial score (nSPS) is 22.7. The van der Waals surface area contributed by atoms with Crippen LogP contribution < -0.4 is 0 Å². The smallest absolute Gasteiger partial charge is 0.176 e. The molecule has 0 N–H and O–H groups in total. The lowest BCUT2D eigenvalue weighted by atomic mass is 9.57. The highest BCUT2D eigenvalue weighted by molar-refractivity contribution is 6.02. The Morgan fingerprint density at radius 1 is 1.11 bits per heavy atom. The van der Waals surface area contributed by atoms with Crippen LogP contribution in [0.25, 0.3) is 33.5 Å². The molecule has 37 heavy (non-hydrogen) atoms. The van der Waals surface area contributed by atoms with E-state index in [1.54, 1.807) is 30.5 Å². The van der Waals surface area contributed by atoms with Crippen molar-refractivity contribution in [1.29, 1.82) is 5.26 Å². The van der Waals surface area contributed by atoms with Gasteiger partial charge < -0.3 is 0 Å². The fourth-order valence-corrected chi connectivity index (χ4v) is 6.22. The number of pyridine rings is 1. The van der Waals surface area contributed by atoms with Gasteiger partial charge in [-0.2, -0.15) is 5.26 Å². The maximum absolute atomic E-state index is 15.2. The number of carbonyl (C=O) groups is 1. The summed E-state index contributed by atoms with van der Waals surface area (Å²) in [6.07, 6.45) is 4.88. The van der Waals surface area contributed by atoms with E-state index in [0.717, 1.165) is 39.7 Å². The number of fused-ring (bicyclic) bond motifs is 4. The molecule has 0 saturated carbocycles. The second-order valence-electron chi connectivity index (χ2n) is 10.3. The van der Waals surface area contributed by atoms with Crippen LogP contribution in [-0.2, 0) is 16.6 Å². The first-order chi connectivity index (χ1) is 17.8. The Bertz CT molecular complexity index is 1680. The molecule has 2 heterocycles. The summed E-state index contributed by atoms with van der Waals surface area (Å²) in [4.78, 5) is 27.5. The molecule has 2 aromatic carbocycles. The first-order valence-electron chi connectivity index (χ1n) is 12.5. The van der Waals surface area contributed by atoms with Crippen molar-refractivity contribution in [2.45, 2.75) is 39.0 Å². The number of aryl methyl sites for hydroxylation is 1. The van der Waals surface area contributed by atoms with E-state index in [0.29, 0.717) is 23.5 Å². The van der Waals surface area contributed by atoms with Crippen LogP contribution in [-0.4, -0.2) is 20.7 Å². The predicted molar refractivity (Wildman–Crippen MR) is 140 cm³/mol. The molecule has 2 aliphatic carbocycles. The van der Waals surface area contributed by atoms with E-state index in [2.05, 4.69) is 17.1 Å². The van der Waals surface area contributed by atoms with E-state index in [1.807, 2.05) is 39.0 Å². The van der Waals surface area contributed by atoms with Crippen LogP contribution in [0.5, 0.6) is 0 Å². The van der Waals surface area contributed by atoms with Gasteiger partial charge in [0.2, 0.25) is 0 Å². The molecule has 4 aromatic rings. The quantitative estimate of drug-likeness (QED) is 0.331. The van der Waals surface area contributed by atoms with E-state index in [9.17, 15) is 10.1 Å². The number of nitrogens with zero attached hydrogens (tertiary/aromatic N) is 4. The number of nitriles is 1. The van der Waals surface area contributed by atoms with Crippen molar-refractivity contribution in [1.82, 2.24) is 15.0 Å². The molecule has 0 amide bonds. The first kappa shape index (κ1) is 23.2. The SMILES string of the molecule is Cc1ccc2nccc(-c3nc(-c4ccccc4F)c4c(n3)[C@]3(C)C=C(C#N)C(=O)[C@H](C)[C@H]3CC4)c2c1. The molecule has 0 saturated heterocycles. The fourth-order valence-electron chi connectivity index (χ4n) is 6.22. The Labute approximate surface area is 214 Å². The number of Topliss-reactive ketones (excluding diaryl/α,β-unsaturated/α-hetero) is 1. The monoisotopic (exact) mass is 488 g/mol. The zero-order valence-electron chi connectivity index (χ0n) is 20.9. The third kappa shape index (κ3) is 3.49. The summed E-state index contributed by atoms with van der Waals surface area (Å²) in [5, 5.41) is 10.7. The Balaban J connectivity index is 1.70. The van der Waals surface area contributed by atoms with Crippen molar-refractivity contribution >= 4 is 16.7 Å². The highest BCUT2D eigenvalue weighted by Gasteiger charge is 2.49. The zero-order valence-corrected chi connectivity index (χ0v) is 20.9. The third-order valence-electron chi connectivity index (χ3n) is 8.11. The van der Waals surface area contributed by atoms with Crippen LogP contribution in [0.3, 0.4) is 0 Å². The zero-order chi connectivity index (χ0) is 25.9. The largest absolute Gasteiger partial charge is 0.293 e. The predicted octanol–water partition coefficient (Wildman–Crippen LogP) is 6.30. The van der Waals surface area contributed by atoms with Gasteiger partial charge in [-0.15, -0.1) is 0 Å². The van der Waals surface area contributed by atoms with Gasteiger partial charge in [-0.25, -0.2) is 14.4 Å². The standard InChI is InChI=1S/C31H25FN4O/c1-17-8-11-26-23(14-17)20(12-13-34-26)30-35-27(21-6-4-5-7-25(21)32)22-9-10-24-18(2)28(37)19(16-33)15-31(24,3)29(22)36-30/h4-8,11-15,18,24H,9-10H2,1-3H3/t18-,24-,31-/m1/s1. The van der Waals surface area contributed by atoms with Crippen molar-refractivity contribution < 1.29 is 9.18 Å². The number of aromatic nitrogens is 3. The van der Waals surface area contributed by atoms with Crippen molar-refractivity contribution in [3.05, 3.63) is 89.0 Å². The number of halogens is 1. The Hall–Kier alpha value is -4.24. The lowest BCUT2D eigenvalue weighted by Gasteiger charge is -2.45. The number of carbonyl (C=O) groups excluding carboxylic acids is 1. The molecule has 0 fully saturated rings. The van der Waals surface area contributed by atoms with Gasteiger partial charge in [-0.05, 0) is 56.0 Å². The van der Waals surface area contributed by atoms with Crippen molar-refractivity contribution in [3.63, 3.8) is 0 Å². The number of allylic oxidation sites excluding steroid dienone is 2. The second kappa shape index (κ2) is 8.41. The van der Waals surface area contributed by atoms with Gasteiger partial charge in [-0.3, -0.25) is 9.78 Å². The fraction of sp³-hybridized carbons (Fsp3) is 0.258. The summed E-state index contributed by atoms with van der Waals surface area (Å²) >= 11 is 0. The van der Waals surface area contributed by atoms with Crippen molar-refractivity contribution in [2.75, 3.05) is 0 Å². The summed E-state index contributed by atoms with van der Waals surface area (Å²) < 4.78 is 15.2. The third-order valence-corrected chi connectivity index (χ3v) is 8.11. The van der Waals surface area contributed by atoms with Crippen molar-refractivity contribution in [2.24, 2.45) is 11.8 Å². The Morgan fingerprint density at radius 2 is 1.92 bits per heavy atom. The number of rotatable bonds is 2. The number of benzene rings is 2. The highest BCUT2D eigenvalue weighted by atomic mass is 19.1. The maximum atomic E-state index is 15.2. The highest BCUT2D eigenvalue weighted by Crippen LogP contribution is 2.51. The molecule has 0 spiro atoms. The van der Waals surface area contributed by atoms with Gasteiger partial charge in [0.1, 0.15) is 11.9 Å². The lowest BCUT2D eigenvalue weighted by molar-refractivity contribution is -0.121. The average Bonchev–Trinajstić information content (AvgIpc) is 2.90. The lowest BCUT2D eigenvalue weighted by Crippen LogP contribution is -2.46. The maximum Gasteiger partial charge on any atom is 0.176 e. The first-order valence-corrected chi connectivity index (χ1v) is 12.5. The van der Waals surface area contributed by atoms with Gasteiger partial charge in [0.15, 0.2) is 11.6 Å². The number of hydrogen-bond acceptors (Lipinski definition) is 5. The van der Waals surface area contributed by atoms with Crippen molar-refractivity contribution in [3.8, 4) is 28.7 Å². The summed E-state index contributed by atoms with van der Waals surface area (Å²) in [5.74, 6) is -0.312. The molecule has 3 atom stereocenters. The summed E-state index contributed by atoms with van der Waals surface area (Å²) in [7, 11) is 0. The van der Waals surface area contributed by atoms with Crippen LogP contribution >= 0.6 is 0 Å². The van der Waals surface area contributed by atoms with E-state index < -0.39 is 5.41 Å². The number of hydrogen-bond donors (Lipinski definition) is 0. The minimum absolute atomic E-state index is 0.0164. The molecule has 0 aliphatic heterocycles. The van der Waals surface area contributed by atoms with Gasteiger partial charge in [0.05, 0.1) is 22.5 Å². The summed E-state index contributed by atoms with van der Waals surface area (Å²) in [5.41, 5.74) is 4.83. The van der Waals surface area contributed by atoms with Crippen LogP contribution in [0.1, 0.15) is 37.1 Å². The van der Waals surface area contributed by atoms with Gasteiger partial charge in [0.25, 0.3) is 0 Å². The molecule has 5 nitrogen and oxygen atoms in total. The Morgan fingerprint density at radius 3 is 2.70 bits per heavy atom.